The van der Waals surface area contributed by atoms with E-state index in [1.165, 1.54) is 0 Å². The summed E-state index contributed by atoms with van der Waals surface area (Å²) in [5.41, 5.74) is 1.24. The molecular weight excluding hydrogens is 180 g/mol. The standard InChI is InChI=1S/C7H3ClN2O2/c8-5-2-1-4(3-11)6-7(5)10-12-9-6/h1-3H. The summed E-state index contributed by atoms with van der Waals surface area (Å²) >= 11 is 5.75. The van der Waals surface area contributed by atoms with Crippen LogP contribution in [0.5, 0.6) is 0 Å². The summed E-state index contributed by atoms with van der Waals surface area (Å²) in [5.74, 6) is 0. The number of carbonyl (C=O) groups excluding carboxylic acids is 1. The summed E-state index contributed by atoms with van der Waals surface area (Å²) in [6.45, 7) is 0. The van der Waals surface area contributed by atoms with E-state index >= 15 is 0 Å². The van der Waals surface area contributed by atoms with Crippen molar-refractivity contribution in [3.8, 4) is 0 Å². The number of hydrogen-bond acceptors (Lipinski definition) is 4. The lowest BCUT2D eigenvalue weighted by Gasteiger charge is -1.90. The predicted octanol–water partition coefficient (Wildman–Crippen LogP) is 1.69. The van der Waals surface area contributed by atoms with Gasteiger partial charge in [-0.2, -0.15) is 0 Å². The maximum Gasteiger partial charge on any atom is 0.154 e. The van der Waals surface area contributed by atoms with Gasteiger partial charge in [0.1, 0.15) is 5.52 Å². The van der Waals surface area contributed by atoms with Crippen LogP contribution in [0.25, 0.3) is 11.0 Å². The van der Waals surface area contributed by atoms with Gasteiger partial charge >= 0.3 is 0 Å². The molecule has 0 fully saturated rings. The molecular formula is C7H3ClN2O2. The first-order valence-corrected chi connectivity index (χ1v) is 3.56. The molecule has 1 aromatic carbocycles. The molecule has 12 heavy (non-hydrogen) atoms. The molecule has 2 aromatic rings. The van der Waals surface area contributed by atoms with Gasteiger partial charge in [-0.1, -0.05) is 11.6 Å². The second-order valence-electron chi connectivity index (χ2n) is 2.22. The molecule has 0 aliphatic rings. The lowest BCUT2D eigenvalue weighted by atomic mass is 10.2. The Kier molecular flexibility index (Phi) is 1.55. The van der Waals surface area contributed by atoms with Gasteiger partial charge in [0, 0.05) is 5.56 Å². The monoisotopic (exact) mass is 182 g/mol. The summed E-state index contributed by atoms with van der Waals surface area (Å²) < 4.78 is 4.44. The highest BCUT2D eigenvalue weighted by Gasteiger charge is 2.08. The van der Waals surface area contributed by atoms with Crippen molar-refractivity contribution < 1.29 is 9.42 Å². The highest BCUT2D eigenvalue weighted by atomic mass is 35.5. The first-order valence-electron chi connectivity index (χ1n) is 3.19. The Morgan fingerprint density at radius 1 is 1.33 bits per heavy atom. The Bertz CT molecular complexity index is 438. The van der Waals surface area contributed by atoms with Crippen molar-refractivity contribution in [2.24, 2.45) is 0 Å². The van der Waals surface area contributed by atoms with Crippen molar-refractivity contribution in [1.29, 1.82) is 0 Å². The topological polar surface area (TPSA) is 56.0 Å². The quantitative estimate of drug-likeness (QED) is 0.630. The minimum absolute atomic E-state index is 0.400. The highest BCUT2D eigenvalue weighted by molar-refractivity contribution is 6.35. The minimum Gasteiger partial charge on any atom is -0.298 e. The maximum atomic E-state index is 10.5. The fraction of sp³-hybridized carbons (Fsp3) is 0. The van der Waals surface area contributed by atoms with Crippen molar-refractivity contribution in [2.45, 2.75) is 0 Å². The van der Waals surface area contributed by atoms with Crippen LogP contribution in [0.2, 0.25) is 5.02 Å². The van der Waals surface area contributed by atoms with Gasteiger partial charge in [-0.3, -0.25) is 4.79 Å². The summed E-state index contributed by atoms with van der Waals surface area (Å²) in [4.78, 5) is 10.5. The molecule has 0 spiro atoms. The number of fused-ring (bicyclic) bond motifs is 1. The summed E-state index contributed by atoms with van der Waals surface area (Å²) in [5, 5.41) is 7.53. The smallest absolute Gasteiger partial charge is 0.154 e. The molecule has 0 aliphatic heterocycles. The summed E-state index contributed by atoms with van der Waals surface area (Å²) in [7, 11) is 0. The number of benzene rings is 1. The Balaban J connectivity index is 2.91. The van der Waals surface area contributed by atoms with E-state index in [-0.39, 0.29) is 0 Å². The third-order valence-electron chi connectivity index (χ3n) is 1.52. The Morgan fingerprint density at radius 3 is 2.83 bits per heavy atom. The van der Waals surface area contributed by atoms with E-state index in [1.807, 2.05) is 0 Å². The van der Waals surface area contributed by atoms with E-state index in [4.69, 9.17) is 11.6 Å². The Labute approximate surface area is 72.1 Å². The van der Waals surface area contributed by atoms with Crippen LogP contribution < -0.4 is 0 Å². The van der Waals surface area contributed by atoms with Crippen molar-refractivity contribution in [2.75, 3.05) is 0 Å². The largest absolute Gasteiger partial charge is 0.298 e. The van der Waals surface area contributed by atoms with Gasteiger partial charge in [-0.25, -0.2) is 4.63 Å². The van der Waals surface area contributed by atoms with E-state index in [9.17, 15) is 4.79 Å². The second-order valence-corrected chi connectivity index (χ2v) is 2.62. The van der Waals surface area contributed by atoms with Gasteiger partial charge < -0.3 is 0 Å². The van der Waals surface area contributed by atoms with Crippen LogP contribution in [0.1, 0.15) is 10.4 Å². The number of hydrogen-bond donors (Lipinski definition) is 0. The van der Waals surface area contributed by atoms with Crippen molar-refractivity contribution >= 4 is 28.9 Å². The third-order valence-corrected chi connectivity index (χ3v) is 1.83. The molecule has 60 valence electrons. The SMILES string of the molecule is O=Cc1ccc(Cl)c2nonc12. The molecule has 2 rings (SSSR count). The fourth-order valence-corrected chi connectivity index (χ4v) is 1.14. The molecule has 0 unspecified atom stereocenters. The average molecular weight is 183 g/mol. The molecule has 0 atom stereocenters. The van der Waals surface area contributed by atoms with Crippen LogP contribution in [0.15, 0.2) is 16.8 Å². The predicted molar refractivity (Wildman–Crippen MR) is 42.2 cm³/mol. The lowest BCUT2D eigenvalue weighted by molar-refractivity contribution is 0.112. The Morgan fingerprint density at radius 2 is 2.08 bits per heavy atom. The minimum atomic E-state index is 0.400. The van der Waals surface area contributed by atoms with Crippen molar-refractivity contribution in [1.82, 2.24) is 10.3 Å². The number of carbonyl (C=O) groups is 1. The molecule has 0 aliphatic carbocycles. The fourth-order valence-electron chi connectivity index (χ4n) is 0.951. The van der Waals surface area contributed by atoms with E-state index in [2.05, 4.69) is 14.9 Å². The molecule has 1 aromatic heterocycles. The molecule has 1 heterocycles. The van der Waals surface area contributed by atoms with Gasteiger partial charge in [0.05, 0.1) is 5.02 Å². The van der Waals surface area contributed by atoms with Gasteiger partial charge in [-0.05, 0) is 22.4 Å². The van der Waals surface area contributed by atoms with Crippen LogP contribution in [-0.4, -0.2) is 16.6 Å². The maximum absolute atomic E-state index is 10.5. The second kappa shape index (κ2) is 2.57. The van der Waals surface area contributed by atoms with Gasteiger partial charge in [0.15, 0.2) is 11.8 Å². The van der Waals surface area contributed by atoms with Crippen molar-refractivity contribution in [3.63, 3.8) is 0 Å². The molecule has 0 saturated carbocycles. The van der Waals surface area contributed by atoms with Crippen LogP contribution in [0, 0.1) is 0 Å². The number of rotatable bonds is 1. The first kappa shape index (κ1) is 7.24. The van der Waals surface area contributed by atoms with Crippen LogP contribution in [-0.2, 0) is 0 Å². The number of nitrogens with zero attached hydrogens (tertiary/aromatic N) is 2. The van der Waals surface area contributed by atoms with E-state index in [1.54, 1.807) is 12.1 Å². The first-order chi connectivity index (χ1) is 5.83. The Hall–Kier alpha value is -1.42. The number of aromatic nitrogens is 2. The van der Waals surface area contributed by atoms with E-state index in [0.717, 1.165) is 0 Å². The zero-order valence-electron chi connectivity index (χ0n) is 5.82. The average Bonchev–Trinajstić information content (AvgIpc) is 2.54. The lowest BCUT2D eigenvalue weighted by Crippen LogP contribution is -1.82. The van der Waals surface area contributed by atoms with Crippen LogP contribution >= 0.6 is 11.6 Å². The van der Waals surface area contributed by atoms with Crippen LogP contribution in [0.4, 0.5) is 0 Å². The highest BCUT2D eigenvalue weighted by Crippen LogP contribution is 2.21. The summed E-state index contributed by atoms with van der Waals surface area (Å²) in [6.07, 6.45) is 0.683. The molecule has 0 N–H and O–H groups in total. The van der Waals surface area contributed by atoms with E-state index in [0.29, 0.717) is 27.9 Å². The van der Waals surface area contributed by atoms with Gasteiger partial charge in [0.2, 0.25) is 0 Å². The molecule has 4 nitrogen and oxygen atoms in total. The third kappa shape index (κ3) is 0.887. The summed E-state index contributed by atoms with van der Waals surface area (Å²) in [6, 6.07) is 3.15. The van der Waals surface area contributed by atoms with Crippen LogP contribution in [0.3, 0.4) is 0 Å². The molecule has 0 amide bonds. The number of aldehydes is 1. The van der Waals surface area contributed by atoms with Crippen molar-refractivity contribution in [3.05, 3.63) is 22.7 Å². The zero-order valence-corrected chi connectivity index (χ0v) is 6.58. The normalized spacial score (nSPS) is 10.4. The molecule has 0 bridgehead atoms. The molecule has 5 heteroatoms. The zero-order chi connectivity index (χ0) is 8.55. The van der Waals surface area contributed by atoms with Gasteiger partial charge in [0.25, 0.3) is 0 Å². The number of halogens is 1. The van der Waals surface area contributed by atoms with E-state index < -0.39 is 0 Å². The van der Waals surface area contributed by atoms with Gasteiger partial charge in [-0.15, -0.1) is 0 Å². The molecule has 0 radical (unpaired) electrons. The molecule has 0 saturated heterocycles.